The molecular weight excluding hydrogens is 232 g/mol. The summed E-state index contributed by atoms with van der Waals surface area (Å²) in [6, 6.07) is 8.57. The lowest BCUT2D eigenvalue weighted by Gasteiger charge is -2.21. The van der Waals surface area contributed by atoms with Crippen LogP contribution in [0.3, 0.4) is 0 Å². The summed E-state index contributed by atoms with van der Waals surface area (Å²) in [4.78, 5) is 11.4. The van der Waals surface area contributed by atoms with E-state index in [0.29, 0.717) is 24.3 Å². The van der Waals surface area contributed by atoms with Gasteiger partial charge in [-0.05, 0) is 6.07 Å². The predicted octanol–water partition coefficient (Wildman–Crippen LogP) is 0.901. The lowest BCUT2D eigenvalue weighted by atomic mass is 10.00. The Kier molecular flexibility index (Phi) is 3.80. The van der Waals surface area contributed by atoms with E-state index in [4.69, 9.17) is 10.00 Å². The molecule has 0 spiro atoms. The first kappa shape index (κ1) is 12.4. The maximum atomic E-state index is 11.4. The standard InChI is InChI=1S/C13H14N2O3/c14-7-5-12(16)15-10-6-8-18-11-4-2-1-3-9(11)13(10)17/h1-4,10,13,17H,5-6,8H2,(H,15,16). The number of benzene rings is 1. The molecule has 94 valence electrons. The number of nitriles is 1. The van der Waals surface area contributed by atoms with E-state index in [-0.39, 0.29) is 12.3 Å². The van der Waals surface area contributed by atoms with Crippen LogP contribution in [0.25, 0.3) is 0 Å². The lowest BCUT2D eigenvalue weighted by molar-refractivity contribution is -0.121. The second kappa shape index (κ2) is 5.52. The van der Waals surface area contributed by atoms with Crippen molar-refractivity contribution in [2.24, 2.45) is 0 Å². The van der Waals surface area contributed by atoms with Crippen molar-refractivity contribution in [3.8, 4) is 11.8 Å². The van der Waals surface area contributed by atoms with E-state index in [9.17, 15) is 9.90 Å². The topological polar surface area (TPSA) is 82.4 Å². The van der Waals surface area contributed by atoms with E-state index in [1.807, 2.05) is 12.1 Å². The van der Waals surface area contributed by atoms with E-state index < -0.39 is 12.1 Å². The second-order valence-electron chi connectivity index (χ2n) is 4.13. The summed E-state index contributed by atoms with van der Waals surface area (Å²) in [6.45, 7) is 0.422. The van der Waals surface area contributed by atoms with Crippen molar-refractivity contribution in [2.45, 2.75) is 25.0 Å². The fraction of sp³-hybridized carbons (Fsp3) is 0.385. The highest BCUT2D eigenvalue weighted by Gasteiger charge is 2.27. The number of aliphatic hydroxyl groups excluding tert-OH is 1. The van der Waals surface area contributed by atoms with Crippen LogP contribution in [0.1, 0.15) is 24.5 Å². The molecule has 1 aromatic carbocycles. The normalized spacial score (nSPS) is 22.0. The van der Waals surface area contributed by atoms with Gasteiger partial charge in [-0.1, -0.05) is 18.2 Å². The van der Waals surface area contributed by atoms with Crippen LogP contribution >= 0.6 is 0 Å². The van der Waals surface area contributed by atoms with Crippen LogP contribution in [0.2, 0.25) is 0 Å². The maximum absolute atomic E-state index is 11.4. The molecule has 1 aliphatic heterocycles. The quantitative estimate of drug-likeness (QED) is 0.812. The van der Waals surface area contributed by atoms with Gasteiger partial charge in [-0.2, -0.15) is 5.26 Å². The minimum Gasteiger partial charge on any atom is -0.493 e. The summed E-state index contributed by atoms with van der Waals surface area (Å²) in [7, 11) is 0. The highest BCUT2D eigenvalue weighted by Crippen LogP contribution is 2.31. The Balaban J connectivity index is 2.15. The van der Waals surface area contributed by atoms with Crippen LogP contribution in [0.5, 0.6) is 5.75 Å². The zero-order valence-electron chi connectivity index (χ0n) is 9.80. The summed E-state index contributed by atoms with van der Waals surface area (Å²) in [5, 5.41) is 21.3. The Morgan fingerprint density at radius 1 is 1.56 bits per heavy atom. The molecule has 1 heterocycles. The predicted molar refractivity (Wildman–Crippen MR) is 63.7 cm³/mol. The molecule has 2 unspecified atom stereocenters. The third-order valence-electron chi connectivity index (χ3n) is 2.89. The van der Waals surface area contributed by atoms with Crippen LogP contribution in [0, 0.1) is 11.3 Å². The van der Waals surface area contributed by atoms with Crippen molar-refractivity contribution in [1.82, 2.24) is 5.32 Å². The van der Waals surface area contributed by atoms with Gasteiger partial charge in [-0.3, -0.25) is 4.79 Å². The number of fused-ring (bicyclic) bond motifs is 1. The van der Waals surface area contributed by atoms with Crippen molar-refractivity contribution in [3.05, 3.63) is 29.8 Å². The van der Waals surface area contributed by atoms with Crippen molar-refractivity contribution < 1.29 is 14.6 Å². The highest BCUT2D eigenvalue weighted by atomic mass is 16.5. The minimum atomic E-state index is -0.814. The van der Waals surface area contributed by atoms with E-state index in [1.165, 1.54) is 0 Å². The number of hydrogen-bond acceptors (Lipinski definition) is 4. The van der Waals surface area contributed by atoms with Gasteiger partial charge >= 0.3 is 0 Å². The maximum Gasteiger partial charge on any atom is 0.234 e. The number of nitrogens with one attached hydrogen (secondary N) is 1. The summed E-state index contributed by atoms with van der Waals surface area (Å²) in [5.41, 5.74) is 0.664. The van der Waals surface area contributed by atoms with Crippen molar-refractivity contribution >= 4 is 5.91 Å². The monoisotopic (exact) mass is 246 g/mol. The molecule has 0 fully saturated rings. The first-order valence-corrected chi connectivity index (χ1v) is 5.78. The fourth-order valence-electron chi connectivity index (χ4n) is 2.01. The van der Waals surface area contributed by atoms with Crippen molar-refractivity contribution in [3.63, 3.8) is 0 Å². The SMILES string of the molecule is N#CCC(=O)NC1CCOc2ccccc2C1O. The Morgan fingerprint density at radius 3 is 3.11 bits per heavy atom. The van der Waals surface area contributed by atoms with Gasteiger partial charge in [-0.25, -0.2) is 0 Å². The first-order chi connectivity index (χ1) is 8.72. The number of carbonyl (C=O) groups is 1. The molecule has 2 rings (SSSR count). The van der Waals surface area contributed by atoms with E-state index in [0.717, 1.165) is 0 Å². The third kappa shape index (κ3) is 2.60. The Bertz CT molecular complexity index is 481. The molecule has 5 nitrogen and oxygen atoms in total. The van der Waals surface area contributed by atoms with Gasteiger partial charge in [0.25, 0.3) is 0 Å². The smallest absolute Gasteiger partial charge is 0.234 e. The molecule has 0 aromatic heterocycles. The highest BCUT2D eigenvalue weighted by molar-refractivity contribution is 5.78. The Hall–Kier alpha value is -2.06. The molecule has 1 aromatic rings. The number of nitrogens with zero attached hydrogens (tertiary/aromatic N) is 1. The molecule has 0 radical (unpaired) electrons. The van der Waals surface area contributed by atoms with Gasteiger partial charge in [0.2, 0.25) is 5.91 Å². The molecule has 0 aliphatic carbocycles. The van der Waals surface area contributed by atoms with Crippen molar-refractivity contribution in [2.75, 3.05) is 6.61 Å². The summed E-state index contributed by atoms with van der Waals surface area (Å²) in [5.74, 6) is 0.267. The molecule has 1 aliphatic rings. The molecule has 18 heavy (non-hydrogen) atoms. The van der Waals surface area contributed by atoms with E-state index in [1.54, 1.807) is 18.2 Å². The largest absolute Gasteiger partial charge is 0.493 e. The molecule has 0 bridgehead atoms. The summed E-state index contributed by atoms with van der Waals surface area (Å²) in [6.07, 6.45) is -0.509. The molecule has 1 amide bonds. The molecule has 5 heteroatoms. The number of hydrogen-bond donors (Lipinski definition) is 2. The average Bonchev–Trinajstić information content (AvgIpc) is 2.51. The number of carbonyl (C=O) groups excluding carboxylic acids is 1. The Morgan fingerprint density at radius 2 is 2.33 bits per heavy atom. The van der Waals surface area contributed by atoms with Gasteiger partial charge < -0.3 is 15.2 Å². The van der Waals surface area contributed by atoms with Gasteiger partial charge in [0.05, 0.1) is 18.7 Å². The van der Waals surface area contributed by atoms with Gasteiger partial charge in [0.15, 0.2) is 0 Å². The summed E-state index contributed by atoms with van der Waals surface area (Å²) >= 11 is 0. The number of para-hydroxylation sites is 1. The van der Waals surface area contributed by atoms with Crippen LogP contribution in [0.15, 0.2) is 24.3 Å². The van der Waals surface area contributed by atoms with Gasteiger partial charge in [-0.15, -0.1) is 0 Å². The van der Waals surface area contributed by atoms with E-state index in [2.05, 4.69) is 5.32 Å². The molecule has 2 atom stereocenters. The Labute approximate surface area is 105 Å². The molecule has 0 saturated carbocycles. The molecular formula is C13H14N2O3. The van der Waals surface area contributed by atoms with Gasteiger partial charge in [0.1, 0.15) is 18.3 Å². The zero-order valence-corrected chi connectivity index (χ0v) is 9.80. The van der Waals surface area contributed by atoms with Crippen LogP contribution in [0.4, 0.5) is 0 Å². The first-order valence-electron chi connectivity index (χ1n) is 5.78. The molecule has 2 N–H and O–H groups in total. The fourth-order valence-corrected chi connectivity index (χ4v) is 2.01. The lowest BCUT2D eigenvalue weighted by Crippen LogP contribution is -2.39. The third-order valence-corrected chi connectivity index (χ3v) is 2.89. The average molecular weight is 246 g/mol. The minimum absolute atomic E-state index is 0.203. The number of ether oxygens (including phenoxy) is 1. The van der Waals surface area contributed by atoms with Crippen molar-refractivity contribution in [1.29, 1.82) is 5.26 Å². The van der Waals surface area contributed by atoms with Crippen LogP contribution < -0.4 is 10.1 Å². The number of aliphatic hydroxyl groups is 1. The van der Waals surface area contributed by atoms with Crippen LogP contribution in [-0.2, 0) is 4.79 Å². The zero-order chi connectivity index (χ0) is 13.0. The molecule has 0 saturated heterocycles. The number of rotatable bonds is 2. The summed E-state index contributed by atoms with van der Waals surface area (Å²) < 4.78 is 5.51. The van der Waals surface area contributed by atoms with Crippen LogP contribution in [-0.4, -0.2) is 23.7 Å². The number of amides is 1. The van der Waals surface area contributed by atoms with E-state index >= 15 is 0 Å². The van der Waals surface area contributed by atoms with Gasteiger partial charge in [0, 0.05) is 12.0 Å². The second-order valence-corrected chi connectivity index (χ2v) is 4.13.